The Morgan fingerprint density at radius 3 is 1.55 bits per heavy atom. The average Bonchev–Trinajstić information content (AvgIpc) is 3.74. The van der Waals surface area contributed by atoms with Crippen LogP contribution in [0.4, 0.5) is 0 Å². The van der Waals surface area contributed by atoms with Crippen LogP contribution < -0.4 is 54.0 Å². The molecule has 0 spiro atoms. The molecule has 0 unspecified atom stereocenters. The predicted molar refractivity (Wildman–Crippen MR) is 230 cm³/mol. The lowest BCUT2D eigenvalue weighted by Gasteiger charge is -2.28. The molecule has 370 valence electrons. The molecule has 26 heteroatoms. The van der Waals surface area contributed by atoms with Gasteiger partial charge in [0.1, 0.15) is 54.9 Å². The first-order valence-corrected chi connectivity index (χ1v) is 21.3. The van der Waals surface area contributed by atoms with Crippen LogP contribution >= 0.6 is 0 Å². The van der Waals surface area contributed by atoms with Gasteiger partial charge in [-0.15, -0.1) is 0 Å². The second kappa shape index (κ2) is 27.6. The van der Waals surface area contributed by atoms with Crippen molar-refractivity contribution in [2.45, 2.75) is 142 Å². The zero-order chi connectivity index (χ0) is 50.6. The van der Waals surface area contributed by atoms with E-state index in [9.17, 15) is 68.1 Å². The molecule has 1 rings (SSSR count). The SMILES string of the molecule is CC(C)C[C@H](NC(=O)[C@H](C)NC(=O)[C@H](CC(N)=O)NC(=O)[C@H](CCC(=O)O)NC(=O)[C@@H](NC(=O)[C@H](C)NC(=O)[C@@H](NC(=O)[C@H](Cc1cnc[nH]1)NC(=O)[C@@H]([NH3+])CO)C(C)C)C(C)C)C(=O)O. The quantitative estimate of drug-likeness (QED) is 0.0357. The van der Waals surface area contributed by atoms with Gasteiger partial charge in [0.2, 0.25) is 47.3 Å². The van der Waals surface area contributed by atoms with Crippen molar-refractivity contribution in [2.24, 2.45) is 23.5 Å². The second-order valence-electron chi connectivity index (χ2n) is 16.9. The topological polar surface area (TPSA) is 427 Å². The number of amides is 9. The third-order valence-corrected chi connectivity index (χ3v) is 9.84. The van der Waals surface area contributed by atoms with E-state index in [0.29, 0.717) is 5.69 Å². The van der Waals surface area contributed by atoms with E-state index < -0.39 is 157 Å². The number of aromatic amines is 1. The summed E-state index contributed by atoms with van der Waals surface area (Å²) >= 11 is 0. The number of nitrogens with two attached hydrogens (primary N) is 1. The maximum Gasteiger partial charge on any atom is 0.326 e. The summed E-state index contributed by atoms with van der Waals surface area (Å²) in [6.07, 6.45) is 0.769. The molecule has 0 aromatic carbocycles. The maximum atomic E-state index is 13.7. The van der Waals surface area contributed by atoms with Crippen molar-refractivity contribution in [2.75, 3.05) is 6.61 Å². The summed E-state index contributed by atoms with van der Waals surface area (Å²) in [7, 11) is 0. The lowest BCUT2D eigenvalue weighted by Crippen LogP contribution is -2.70. The molecule has 0 aliphatic rings. The fourth-order valence-corrected chi connectivity index (χ4v) is 6.02. The number of nitrogens with one attached hydrogen (secondary N) is 9. The standard InChI is InChI=1S/C40H66N12O14/c1-17(2)11-27(40(65)66)50-32(57)20(7)45-36(61)26(13-28(42)54)49-35(60)24(9-10-29(55)56)47-39(64)31(19(5)6)51-33(58)21(8)46-38(63)30(18(3)4)52-37(62)25(12-22-14-43-16-44-22)48-34(59)23(41)15-53/h14,16-21,23-27,30-31,53H,9-13,15,41H2,1-8H3,(H2,42,54)(H,43,44)(H,45,61)(H,46,63)(H,47,64)(H,48,59)(H,49,60)(H,50,57)(H,51,58)(H,52,62)(H,55,56)(H,65,66)/p+1/t20-,21-,23-,24-,25-,26-,27-,30-,31-/m0/s1. The minimum absolute atomic E-state index is 0.0717. The molecule has 0 saturated heterocycles. The Bertz CT molecular complexity index is 1880. The Morgan fingerprint density at radius 1 is 0.621 bits per heavy atom. The zero-order valence-corrected chi connectivity index (χ0v) is 38.4. The van der Waals surface area contributed by atoms with E-state index in [1.807, 2.05) is 0 Å². The molecule has 1 aromatic rings. The van der Waals surface area contributed by atoms with Crippen LogP contribution in [0.25, 0.3) is 0 Å². The number of aliphatic hydroxyl groups is 1. The highest BCUT2D eigenvalue weighted by atomic mass is 16.4. The Kier molecular flexibility index (Phi) is 24.0. The van der Waals surface area contributed by atoms with Gasteiger partial charge in [0.15, 0.2) is 6.04 Å². The van der Waals surface area contributed by atoms with Crippen LogP contribution in [0.15, 0.2) is 12.5 Å². The number of quaternary nitrogens is 1. The molecule has 66 heavy (non-hydrogen) atoms. The zero-order valence-electron chi connectivity index (χ0n) is 38.4. The van der Waals surface area contributed by atoms with E-state index in [1.54, 1.807) is 27.7 Å². The normalized spacial score (nSPS) is 15.3. The van der Waals surface area contributed by atoms with E-state index >= 15 is 0 Å². The van der Waals surface area contributed by atoms with Gasteiger partial charge in [0, 0.05) is 24.7 Å². The van der Waals surface area contributed by atoms with E-state index in [2.05, 4.69) is 58.2 Å². The van der Waals surface area contributed by atoms with E-state index in [4.69, 9.17) is 5.73 Å². The van der Waals surface area contributed by atoms with Crippen molar-refractivity contribution in [3.63, 3.8) is 0 Å². The number of carbonyl (C=O) groups is 11. The highest BCUT2D eigenvalue weighted by Crippen LogP contribution is 2.10. The van der Waals surface area contributed by atoms with Gasteiger partial charge in [0.05, 0.1) is 12.7 Å². The second-order valence-corrected chi connectivity index (χ2v) is 16.9. The van der Waals surface area contributed by atoms with E-state index in [0.717, 1.165) is 0 Å². The van der Waals surface area contributed by atoms with Crippen LogP contribution in [0.3, 0.4) is 0 Å². The molecule has 26 nitrogen and oxygen atoms in total. The predicted octanol–water partition coefficient (Wildman–Crippen LogP) is -5.34. The molecule has 17 N–H and O–H groups in total. The van der Waals surface area contributed by atoms with Crippen molar-refractivity contribution in [3.8, 4) is 0 Å². The number of carbonyl (C=O) groups excluding carboxylic acids is 9. The molecule has 1 heterocycles. The number of imidazole rings is 1. The Labute approximate surface area is 381 Å². The van der Waals surface area contributed by atoms with E-state index in [1.165, 1.54) is 40.2 Å². The molecule has 0 aliphatic carbocycles. The van der Waals surface area contributed by atoms with Crippen LogP contribution in [-0.4, -0.2) is 151 Å². The van der Waals surface area contributed by atoms with E-state index in [-0.39, 0.29) is 18.8 Å². The highest BCUT2D eigenvalue weighted by Gasteiger charge is 2.36. The summed E-state index contributed by atoms with van der Waals surface area (Å²) in [6, 6.07) is -12.4. The maximum absolute atomic E-state index is 13.7. The minimum Gasteiger partial charge on any atom is -0.481 e. The summed E-state index contributed by atoms with van der Waals surface area (Å²) in [6.45, 7) is 11.7. The third-order valence-electron chi connectivity index (χ3n) is 9.84. The monoisotopic (exact) mass is 939 g/mol. The Balaban J connectivity index is 3.19. The smallest absolute Gasteiger partial charge is 0.326 e. The van der Waals surface area contributed by atoms with Gasteiger partial charge < -0.3 is 74.3 Å². The lowest BCUT2D eigenvalue weighted by atomic mass is 10.0. The number of aliphatic hydroxyl groups excluding tert-OH is 1. The van der Waals surface area contributed by atoms with Crippen molar-refractivity contribution >= 4 is 65.1 Å². The summed E-state index contributed by atoms with van der Waals surface area (Å²) in [4.78, 5) is 148. The number of rotatable bonds is 29. The van der Waals surface area contributed by atoms with Gasteiger partial charge in [-0.2, -0.15) is 0 Å². The van der Waals surface area contributed by atoms with Crippen LogP contribution in [0.2, 0.25) is 0 Å². The van der Waals surface area contributed by atoms with Gasteiger partial charge in [-0.1, -0.05) is 41.5 Å². The molecule has 0 bridgehead atoms. The number of aromatic nitrogens is 2. The molecule has 9 atom stereocenters. The number of hydrogen-bond acceptors (Lipinski definition) is 13. The molecule has 9 amide bonds. The van der Waals surface area contributed by atoms with Crippen LogP contribution in [0, 0.1) is 17.8 Å². The first-order chi connectivity index (χ1) is 30.7. The molecule has 1 aromatic heterocycles. The van der Waals surface area contributed by atoms with Crippen LogP contribution in [0.5, 0.6) is 0 Å². The number of nitrogens with zero attached hydrogens (tertiary/aromatic N) is 1. The van der Waals surface area contributed by atoms with Gasteiger partial charge in [-0.3, -0.25) is 47.9 Å². The molecular weight excluding hydrogens is 873 g/mol. The van der Waals surface area contributed by atoms with Gasteiger partial charge in [-0.25, -0.2) is 9.78 Å². The number of primary amides is 1. The van der Waals surface area contributed by atoms with Crippen molar-refractivity contribution in [1.29, 1.82) is 0 Å². The third kappa shape index (κ3) is 20.0. The molecule has 0 saturated carbocycles. The summed E-state index contributed by atoms with van der Waals surface area (Å²) < 4.78 is 0. The highest BCUT2D eigenvalue weighted by molar-refractivity contribution is 5.99. The molecule has 0 aliphatic heterocycles. The molecular formula is C40H67N12O14+. The minimum atomic E-state index is -1.75. The first-order valence-electron chi connectivity index (χ1n) is 21.3. The lowest BCUT2D eigenvalue weighted by molar-refractivity contribution is -0.409. The largest absolute Gasteiger partial charge is 0.481 e. The van der Waals surface area contributed by atoms with Gasteiger partial charge in [-0.05, 0) is 44.4 Å². The fourth-order valence-electron chi connectivity index (χ4n) is 6.02. The van der Waals surface area contributed by atoms with Gasteiger partial charge >= 0.3 is 11.9 Å². The summed E-state index contributed by atoms with van der Waals surface area (Å²) in [5, 5.41) is 47.4. The number of carboxylic acids is 2. The van der Waals surface area contributed by atoms with Crippen molar-refractivity contribution < 1.29 is 73.8 Å². The Morgan fingerprint density at radius 2 is 1.08 bits per heavy atom. The summed E-state index contributed by atoms with van der Waals surface area (Å²) in [5.41, 5.74) is 9.31. The number of H-pyrrole nitrogens is 1. The molecule has 0 fully saturated rings. The van der Waals surface area contributed by atoms with Crippen molar-refractivity contribution in [3.05, 3.63) is 18.2 Å². The van der Waals surface area contributed by atoms with Crippen LogP contribution in [0.1, 0.15) is 86.8 Å². The molecule has 0 radical (unpaired) electrons. The van der Waals surface area contributed by atoms with Gasteiger partial charge in [0.25, 0.3) is 5.91 Å². The Hall–Kier alpha value is -6.70. The van der Waals surface area contributed by atoms with Crippen molar-refractivity contribution in [1.82, 2.24) is 52.5 Å². The first kappa shape index (κ1) is 57.3. The number of hydrogen-bond donors (Lipinski definition) is 14. The number of aliphatic carboxylic acids is 2. The summed E-state index contributed by atoms with van der Waals surface area (Å²) in [5.74, 6) is -12.4. The number of carboxylic acid groups (broad SMARTS) is 2. The average molecular weight is 940 g/mol. The van der Waals surface area contributed by atoms with Crippen LogP contribution in [-0.2, 0) is 59.2 Å². The fraction of sp³-hybridized carbons (Fsp3) is 0.650.